The van der Waals surface area contributed by atoms with Gasteiger partial charge in [0, 0.05) is 23.6 Å². The zero-order valence-electron chi connectivity index (χ0n) is 16.6. The van der Waals surface area contributed by atoms with Crippen LogP contribution >= 0.6 is 11.8 Å². The smallest absolute Gasteiger partial charge is 0.234 e. The SMILES string of the molecule is CC(=O)c1ccc(NC(=O)CSc2nnc(-c3cnccn3)n2Cc2ccco2)cc1. The second kappa shape index (κ2) is 9.35. The van der Waals surface area contributed by atoms with Gasteiger partial charge in [0.25, 0.3) is 0 Å². The number of rotatable bonds is 8. The van der Waals surface area contributed by atoms with Gasteiger partial charge < -0.3 is 9.73 Å². The fourth-order valence-corrected chi connectivity index (χ4v) is 3.55. The Morgan fingerprint density at radius 1 is 1.13 bits per heavy atom. The summed E-state index contributed by atoms with van der Waals surface area (Å²) in [5.74, 6) is 1.16. The monoisotopic (exact) mass is 434 g/mol. The molecule has 4 rings (SSSR count). The van der Waals surface area contributed by atoms with Crippen LogP contribution < -0.4 is 5.32 Å². The van der Waals surface area contributed by atoms with Crippen LogP contribution in [0, 0.1) is 0 Å². The highest BCUT2D eigenvalue weighted by atomic mass is 32.2. The third-order valence-corrected chi connectivity index (χ3v) is 5.28. The molecule has 0 unspecified atom stereocenters. The van der Waals surface area contributed by atoms with Crippen molar-refractivity contribution < 1.29 is 14.0 Å². The number of carbonyl (C=O) groups is 2. The van der Waals surface area contributed by atoms with Crippen molar-refractivity contribution in [1.29, 1.82) is 0 Å². The summed E-state index contributed by atoms with van der Waals surface area (Å²) in [5.41, 5.74) is 1.78. The molecule has 1 N–H and O–H groups in total. The summed E-state index contributed by atoms with van der Waals surface area (Å²) in [4.78, 5) is 32.2. The summed E-state index contributed by atoms with van der Waals surface area (Å²) >= 11 is 1.25. The highest BCUT2D eigenvalue weighted by molar-refractivity contribution is 7.99. The first kappa shape index (κ1) is 20.5. The van der Waals surface area contributed by atoms with Gasteiger partial charge in [-0.25, -0.2) is 4.98 Å². The van der Waals surface area contributed by atoms with Gasteiger partial charge in [0.1, 0.15) is 11.5 Å². The molecule has 0 bridgehead atoms. The van der Waals surface area contributed by atoms with E-state index in [4.69, 9.17) is 4.42 Å². The molecule has 0 fully saturated rings. The molecule has 9 nitrogen and oxygen atoms in total. The number of amides is 1. The number of Topliss-reactive ketones (excluding diaryl/α,β-unsaturated/α-hetero) is 1. The van der Waals surface area contributed by atoms with E-state index in [9.17, 15) is 9.59 Å². The second-order valence-electron chi connectivity index (χ2n) is 6.53. The van der Waals surface area contributed by atoms with Crippen molar-refractivity contribution in [2.24, 2.45) is 0 Å². The first-order chi connectivity index (χ1) is 15.1. The van der Waals surface area contributed by atoms with Crippen LogP contribution in [0.4, 0.5) is 5.69 Å². The quantitative estimate of drug-likeness (QED) is 0.332. The van der Waals surface area contributed by atoms with Gasteiger partial charge >= 0.3 is 0 Å². The van der Waals surface area contributed by atoms with Gasteiger partial charge in [-0.05, 0) is 43.3 Å². The minimum atomic E-state index is -0.200. The highest BCUT2D eigenvalue weighted by Gasteiger charge is 2.18. The van der Waals surface area contributed by atoms with Crippen LogP contribution in [-0.4, -0.2) is 42.2 Å². The molecule has 4 aromatic rings. The van der Waals surface area contributed by atoms with Crippen LogP contribution in [0.25, 0.3) is 11.5 Å². The Morgan fingerprint density at radius 2 is 1.97 bits per heavy atom. The van der Waals surface area contributed by atoms with E-state index in [1.165, 1.54) is 18.7 Å². The zero-order chi connectivity index (χ0) is 21.6. The molecule has 10 heteroatoms. The number of hydrogen-bond acceptors (Lipinski definition) is 8. The van der Waals surface area contributed by atoms with E-state index in [0.29, 0.717) is 34.5 Å². The predicted octanol–water partition coefficient (Wildman–Crippen LogP) is 3.31. The van der Waals surface area contributed by atoms with Gasteiger partial charge in [0.05, 0.1) is 24.8 Å². The number of anilines is 1. The van der Waals surface area contributed by atoms with Gasteiger partial charge in [0.15, 0.2) is 16.8 Å². The van der Waals surface area contributed by atoms with Crippen molar-refractivity contribution in [3.63, 3.8) is 0 Å². The Hall–Kier alpha value is -3.79. The highest BCUT2D eigenvalue weighted by Crippen LogP contribution is 2.24. The number of furan rings is 1. The minimum absolute atomic E-state index is 0.0248. The molecule has 0 radical (unpaired) electrons. The van der Waals surface area contributed by atoms with E-state index in [1.54, 1.807) is 55.2 Å². The number of nitrogens with zero attached hydrogens (tertiary/aromatic N) is 5. The van der Waals surface area contributed by atoms with E-state index in [2.05, 4.69) is 25.5 Å². The van der Waals surface area contributed by atoms with Gasteiger partial charge in [-0.3, -0.25) is 19.1 Å². The molecule has 0 aliphatic rings. The lowest BCUT2D eigenvalue weighted by molar-refractivity contribution is -0.113. The molecule has 0 aliphatic carbocycles. The molecule has 1 amide bonds. The zero-order valence-corrected chi connectivity index (χ0v) is 17.4. The summed E-state index contributed by atoms with van der Waals surface area (Å²) in [6.07, 6.45) is 6.37. The van der Waals surface area contributed by atoms with Crippen molar-refractivity contribution >= 4 is 29.1 Å². The van der Waals surface area contributed by atoms with Crippen molar-refractivity contribution in [3.8, 4) is 11.5 Å². The number of hydrogen-bond donors (Lipinski definition) is 1. The third-order valence-electron chi connectivity index (χ3n) is 4.31. The van der Waals surface area contributed by atoms with E-state index < -0.39 is 0 Å². The second-order valence-corrected chi connectivity index (χ2v) is 7.48. The van der Waals surface area contributed by atoms with Crippen LogP contribution in [0.3, 0.4) is 0 Å². The Kier molecular flexibility index (Phi) is 6.18. The fourth-order valence-electron chi connectivity index (χ4n) is 2.82. The molecule has 0 saturated heterocycles. The minimum Gasteiger partial charge on any atom is -0.467 e. The molecular weight excluding hydrogens is 416 g/mol. The van der Waals surface area contributed by atoms with Crippen molar-refractivity contribution in [2.75, 3.05) is 11.1 Å². The maximum absolute atomic E-state index is 12.4. The molecule has 0 aliphatic heterocycles. The van der Waals surface area contributed by atoms with E-state index in [1.807, 2.05) is 10.6 Å². The molecule has 3 aromatic heterocycles. The van der Waals surface area contributed by atoms with Crippen LogP contribution in [-0.2, 0) is 11.3 Å². The van der Waals surface area contributed by atoms with Gasteiger partial charge in [-0.2, -0.15) is 0 Å². The number of benzene rings is 1. The average Bonchev–Trinajstić information content (AvgIpc) is 3.44. The molecule has 156 valence electrons. The summed E-state index contributed by atoms with van der Waals surface area (Å²) in [5, 5.41) is 11.8. The molecular formula is C21H18N6O3S. The first-order valence-corrected chi connectivity index (χ1v) is 10.3. The van der Waals surface area contributed by atoms with Crippen LogP contribution in [0.15, 0.2) is 70.8 Å². The maximum atomic E-state index is 12.4. The van der Waals surface area contributed by atoms with Crippen molar-refractivity contribution in [1.82, 2.24) is 24.7 Å². The predicted molar refractivity (Wildman–Crippen MR) is 115 cm³/mol. The lowest BCUT2D eigenvalue weighted by Gasteiger charge is -2.09. The maximum Gasteiger partial charge on any atom is 0.234 e. The van der Waals surface area contributed by atoms with Crippen LogP contribution in [0.5, 0.6) is 0 Å². The summed E-state index contributed by atoms with van der Waals surface area (Å²) in [6.45, 7) is 1.89. The Bertz CT molecular complexity index is 1170. The van der Waals surface area contributed by atoms with Crippen molar-refractivity contribution in [3.05, 3.63) is 72.6 Å². The van der Waals surface area contributed by atoms with Gasteiger partial charge in [-0.15, -0.1) is 10.2 Å². The van der Waals surface area contributed by atoms with E-state index in [0.717, 1.165) is 5.76 Å². The Morgan fingerprint density at radius 3 is 2.65 bits per heavy atom. The van der Waals surface area contributed by atoms with E-state index in [-0.39, 0.29) is 17.4 Å². The number of nitrogens with one attached hydrogen (secondary N) is 1. The molecule has 0 spiro atoms. The Labute approximate surface area is 181 Å². The summed E-state index contributed by atoms with van der Waals surface area (Å²) in [6, 6.07) is 10.4. The normalized spacial score (nSPS) is 10.7. The number of thioether (sulfide) groups is 1. The van der Waals surface area contributed by atoms with E-state index >= 15 is 0 Å². The Balaban J connectivity index is 1.48. The summed E-state index contributed by atoms with van der Waals surface area (Å²) in [7, 11) is 0. The molecule has 1 aromatic carbocycles. The lowest BCUT2D eigenvalue weighted by atomic mass is 10.1. The average molecular weight is 434 g/mol. The largest absolute Gasteiger partial charge is 0.467 e. The third kappa shape index (κ3) is 5.04. The van der Waals surface area contributed by atoms with Crippen LogP contribution in [0.1, 0.15) is 23.0 Å². The first-order valence-electron chi connectivity index (χ1n) is 9.36. The number of aromatic nitrogens is 5. The molecule has 31 heavy (non-hydrogen) atoms. The number of ketones is 1. The van der Waals surface area contributed by atoms with Crippen LogP contribution in [0.2, 0.25) is 0 Å². The van der Waals surface area contributed by atoms with Gasteiger partial charge in [-0.1, -0.05) is 11.8 Å². The van der Waals surface area contributed by atoms with Crippen molar-refractivity contribution in [2.45, 2.75) is 18.6 Å². The molecule has 3 heterocycles. The summed E-state index contributed by atoms with van der Waals surface area (Å²) < 4.78 is 7.29. The number of carbonyl (C=O) groups excluding carboxylic acids is 2. The lowest BCUT2D eigenvalue weighted by Crippen LogP contribution is -2.15. The fraction of sp³-hybridized carbons (Fsp3) is 0.143. The topological polar surface area (TPSA) is 116 Å². The molecule has 0 saturated carbocycles. The molecule has 0 atom stereocenters. The standard InChI is InChI=1S/C21H18N6O3S/c1-14(28)15-4-6-16(7-5-15)24-19(29)13-31-21-26-25-20(18-11-22-8-9-23-18)27(21)12-17-3-2-10-30-17/h2-11H,12-13H2,1H3,(H,24,29). The van der Waals surface area contributed by atoms with Gasteiger partial charge in [0.2, 0.25) is 5.91 Å².